The van der Waals surface area contributed by atoms with Crippen LogP contribution in [0.1, 0.15) is 304 Å². The van der Waals surface area contributed by atoms with E-state index in [1.165, 1.54) is 231 Å². The first kappa shape index (κ1) is 74.4. The van der Waals surface area contributed by atoms with Crippen molar-refractivity contribution < 1.29 is 17.1 Å². The fraction of sp³-hybridized carbons (Fsp3) is 0.585. The zero-order valence-corrected chi connectivity index (χ0v) is 59.8. The van der Waals surface area contributed by atoms with Crippen molar-refractivity contribution in [2.45, 2.75) is 314 Å². The molecule has 0 aliphatic rings. The van der Waals surface area contributed by atoms with Crippen LogP contribution in [0.4, 0.5) is 0 Å². The molecule has 0 unspecified atom stereocenters. The van der Waals surface area contributed by atoms with Gasteiger partial charge in [-0.25, -0.2) is 12.1 Å². The van der Waals surface area contributed by atoms with Crippen LogP contribution >= 0.6 is 15.8 Å². The van der Waals surface area contributed by atoms with Gasteiger partial charge in [-0.2, -0.15) is 6.07 Å². The van der Waals surface area contributed by atoms with Gasteiger partial charge in [-0.05, 0) is 250 Å². The van der Waals surface area contributed by atoms with Crippen LogP contribution in [-0.4, -0.2) is 0 Å². The minimum absolute atomic E-state index is 0. The molecule has 0 N–H and O–H groups in total. The van der Waals surface area contributed by atoms with Crippen LogP contribution in [0.3, 0.4) is 0 Å². The van der Waals surface area contributed by atoms with Crippen LogP contribution in [0.2, 0.25) is 0 Å². The summed E-state index contributed by atoms with van der Waals surface area (Å²) in [6.07, 6.45) is 44.5. The van der Waals surface area contributed by atoms with E-state index in [9.17, 15) is 0 Å². The van der Waals surface area contributed by atoms with Crippen LogP contribution in [0.15, 0.2) is 97.1 Å². The fourth-order valence-corrected chi connectivity index (χ4v) is 19.4. The van der Waals surface area contributed by atoms with Crippen LogP contribution in [-0.2, 0) is 94.1 Å². The normalized spacial score (nSPS) is 11.5. The molecule has 0 radical (unpaired) electrons. The summed E-state index contributed by atoms with van der Waals surface area (Å²) in [6, 6.07) is 39.8. The maximum absolute atomic E-state index is 2.76. The molecule has 85 heavy (non-hydrogen) atoms. The topological polar surface area (TPSA) is 0 Å². The molecule has 6 rings (SSSR count). The Morgan fingerprint density at radius 1 is 0.271 bits per heavy atom. The maximum Gasteiger partial charge on any atom is 0 e. The van der Waals surface area contributed by atoms with Crippen LogP contribution in [0.25, 0.3) is 0 Å². The molecule has 0 amide bonds. The van der Waals surface area contributed by atoms with Gasteiger partial charge in [-0.15, -0.1) is 10.6 Å². The molecule has 0 spiro atoms. The van der Waals surface area contributed by atoms with Crippen LogP contribution in [0.5, 0.6) is 0 Å². The number of rotatable bonds is 42. The minimum Gasteiger partial charge on any atom is -0.748 e. The van der Waals surface area contributed by atoms with Gasteiger partial charge in [0.15, 0.2) is 0 Å². The Labute approximate surface area is 539 Å². The summed E-state index contributed by atoms with van der Waals surface area (Å²) in [7, 11) is -1.84. The number of aryl methyl sites for hydroxylation is 4. The Bertz CT molecular complexity index is 2360. The molecule has 0 saturated heterocycles. The Morgan fingerprint density at radius 3 is 0.753 bits per heavy atom. The maximum atomic E-state index is 2.76. The molecule has 0 bridgehead atoms. The Hall–Kier alpha value is -3.04. The molecule has 3 heteroatoms. The number of unbranched alkanes of at least 4 members (excludes halogenated alkanes) is 12. The average molecular weight is 1230 g/mol. The second-order valence-electron chi connectivity index (χ2n) is 25.0. The van der Waals surface area contributed by atoms with Gasteiger partial charge in [-0.1, -0.05) is 217 Å². The summed E-state index contributed by atoms with van der Waals surface area (Å²) in [5.41, 5.74) is 20.5. The molecule has 6 aromatic rings. The third-order valence-electron chi connectivity index (χ3n) is 18.2. The van der Waals surface area contributed by atoms with E-state index in [1.54, 1.807) is 98.6 Å². The summed E-state index contributed by atoms with van der Waals surface area (Å²) in [5.74, 6) is 0. The van der Waals surface area contributed by atoms with Gasteiger partial charge < -0.3 is 30.3 Å². The molecule has 0 fully saturated rings. The van der Waals surface area contributed by atoms with Gasteiger partial charge in [0.1, 0.15) is 0 Å². The smallest absolute Gasteiger partial charge is 0 e. The SMILES string of the molecule is CCCCc1ccc(P(c2ccc(CCCC)c(CCCC)c2CCCC)c2ccc[c-]2P(c2ccc(CCCC)c(CCCC)c2CCCC)c2ccc(CCCC)c(CCCC)c2CCCC)c(CCCC)c1CCCC.[Fe].[cH-]1[cH-][cH-][cH-][cH-]1. The summed E-state index contributed by atoms with van der Waals surface area (Å²) in [4.78, 5) is 0. The second kappa shape index (κ2) is 43.6. The van der Waals surface area contributed by atoms with Crippen molar-refractivity contribution in [1.82, 2.24) is 0 Å². The summed E-state index contributed by atoms with van der Waals surface area (Å²) < 4.78 is 0. The first-order valence-electron chi connectivity index (χ1n) is 35.9. The fourth-order valence-electron chi connectivity index (χ4n) is 13.2. The molecular weight excluding hydrogens is 1100 g/mol. The first-order chi connectivity index (χ1) is 41.3. The van der Waals surface area contributed by atoms with Crippen molar-refractivity contribution in [3.05, 3.63) is 164 Å². The van der Waals surface area contributed by atoms with Gasteiger partial charge in [0.05, 0.1) is 0 Å². The molecule has 0 saturated carbocycles. The summed E-state index contributed by atoms with van der Waals surface area (Å²) in [6.45, 7) is 29.0. The van der Waals surface area contributed by atoms with E-state index in [1.807, 2.05) is 30.3 Å². The quantitative estimate of drug-likeness (QED) is 0.0204. The zero-order valence-electron chi connectivity index (χ0n) is 56.9. The van der Waals surface area contributed by atoms with Crippen LogP contribution in [0, 0.1) is 0 Å². The second-order valence-corrected chi connectivity index (χ2v) is 29.2. The monoisotopic (exact) mass is 1230 g/mol. The summed E-state index contributed by atoms with van der Waals surface area (Å²) >= 11 is 0. The van der Waals surface area contributed by atoms with Gasteiger partial charge in [0.25, 0.3) is 0 Å². The molecule has 0 aromatic heterocycles. The van der Waals surface area contributed by atoms with Gasteiger partial charge in [0, 0.05) is 17.1 Å². The predicted molar refractivity (Wildman–Crippen MR) is 385 cm³/mol. The van der Waals surface area contributed by atoms with Crippen molar-refractivity contribution in [2.75, 3.05) is 0 Å². The van der Waals surface area contributed by atoms with E-state index in [-0.39, 0.29) is 17.1 Å². The number of hydrogen-bond donors (Lipinski definition) is 0. The Morgan fingerprint density at radius 2 is 0.494 bits per heavy atom. The van der Waals surface area contributed by atoms with Crippen molar-refractivity contribution in [1.29, 1.82) is 0 Å². The Kier molecular flexibility index (Phi) is 38.2. The third-order valence-corrected chi connectivity index (χ3v) is 23.7. The van der Waals surface area contributed by atoms with E-state index in [0.717, 1.165) is 0 Å². The van der Waals surface area contributed by atoms with Crippen molar-refractivity contribution in [3.63, 3.8) is 0 Å². The molecule has 6 aromatic carbocycles. The Balaban J connectivity index is 0.00000245. The first-order valence-corrected chi connectivity index (χ1v) is 38.6. The molecule has 0 aliphatic heterocycles. The molecule has 0 aliphatic carbocycles. The third kappa shape index (κ3) is 21.9. The van der Waals surface area contributed by atoms with Crippen molar-refractivity contribution >= 4 is 47.7 Å². The van der Waals surface area contributed by atoms with Crippen molar-refractivity contribution in [2.24, 2.45) is 0 Å². The minimum atomic E-state index is -0.918. The van der Waals surface area contributed by atoms with E-state index in [4.69, 9.17) is 0 Å². The molecular formula is C82H124FeP2-6. The van der Waals surface area contributed by atoms with Gasteiger partial charge in [-0.3, -0.25) is 0 Å². The van der Waals surface area contributed by atoms with Gasteiger partial charge in [0.2, 0.25) is 0 Å². The number of hydrogen-bond acceptors (Lipinski definition) is 0. The van der Waals surface area contributed by atoms with E-state index < -0.39 is 15.8 Å². The average Bonchev–Trinajstić information content (AvgIpc) is 2.67. The molecule has 0 nitrogen and oxygen atoms in total. The zero-order chi connectivity index (χ0) is 60.3. The van der Waals surface area contributed by atoms with E-state index in [0.29, 0.717) is 0 Å². The van der Waals surface area contributed by atoms with E-state index >= 15 is 0 Å². The predicted octanol–water partition coefficient (Wildman–Crippen LogP) is 22.4. The van der Waals surface area contributed by atoms with Crippen molar-refractivity contribution in [3.8, 4) is 0 Å². The summed E-state index contributed by atoms with van der Waals surface area (Å²) in [5, 5.41) is 10.2. The molecule has 0 atom stereocenters. The van der Waals surface area contributed by atoms with Gasteiger partial charge >= 0.3 is 0 Å². The molecule has 0 heterocycles. The van der Waals surface area contributed by atoms with Crippen LogP contribution < -0.4 is 31.8 Å². The molecule has 476 valence electrons. The number of benzene rings is 4. The largest absolute Gasteiger partial charge is 0.748 e. The van der Waals surface area contributed by atoms with E-state index in [2.05, 4.69) is 150 Å². The standard InChI is InChI=1S/C77H119P2.C5H5.Fe/c1-13-25-38-60-52-56-72(68(46-33-21-9)64(60)42-29-17-5)78(73-57-53-61(39-26-14-2)65(43-30-18-6)69(73)47-34-22-10)76-50-37-51-77(76)79(74-58-54-62(40-27-15-3)66(44-31-19-7)70(74)48-35-23-11)75-59-55-63(41-28-16-4)67(45-32-20-8)71(75)49-36-24-12;1-2-4-5-3-1;/h37,50-59H,13-36,38-49H2,1-12H3;1-5H;/q-1;-5;.